The third-order valence-electron chi connectivity index (χ3n) is 1.96. The molecule has 1 aromatic rings. The van der Waals surface area contributed by atoms with E-state index in [1.807, 2.05) is 0 Å². The van der Waals surface area contributed by atoms with Gasteiger partial charge in [-0.25, -0.2) is 4.39 Å². The lowest BCUT2D eigenvalue weighted by molar-refractivity contribution is -0.150. The summed E-state index contributed by atoms with van der Waals surface area (Å²) in [7, 11) is 0. The molecule has 96 valence electrons. The van der Waals surface area contributed by atoms with E-state index in [4.69, 9.17) is 5.73 Å². The van der Waals surface area contributed by atoms with Crippen molar-refractivity contribution in [2.45, 2.75) is 18.4 Å². The molecule has 2 N–H and O–H groups in total. The van der Waals surface area contributed by atoms with Gasteiger partial charge in [-0.05, 0) is 23.8 Å². The van der Waals surface area contributed by atoms with Gasteiger partial charge in [0.05, 0.1) is 5.56 Å². The van der Waals surface area contributed by atoms with E-state index in [1.165, 1.54) is 0 Å². The summed E-state index contributed by atoms with van der Waals surface area (Å²) in [4.78, 5) is 0. The summed E-state index contributed by atoms with van der Waals surface area (Å²) in [6.07, 6.45) is -9.86. The lowest BCUT2D eigenvalue weighted by Crippen LogP contribution is -2.28. The number of halogens is 7. The summed E-state index contributed by atoms with van der Waals surface area (Å²) >= 11 is 0. The predicted octanol–water partition coefficient (Wildman–Crippen LogP) is 3.41. The van der Waals surface area contributed by atoms with Crippen molar-refractivity contribution in [3.8, 4) is 0 Å². The van der Waals surface area contributed by atoms with Gasteiger partial charge in [0, 0.05) is 0 Å². The second kappa shape index (κ2) is 4.17. The monoisotopic (exact) mass is 261 g/mol. The molecule has 0 unspecified atom stereocenters. The summed E-state index contributed by atoms with van der Waals surface area (Å²) in [5.74, 6) is -1.42. The summed E-state index contributed by atoms with van der Waals surface area (Å²) in [5, 5.41) is 0. The molecule has 0 aliphatic rings. The molecular weight excluding hydrogens is 255 g/mol. The van der Waals surface area contributed by atoms with Crippen molar-refractivity contribution in [2.75, 3.05) is 0 Å². The van der Waals surface area contributed by atoms with Crippen molar-refractivity contribution in [1.29, 1.82) is 0 Å². The largest absolute Gasteiger partial charge is 0.416 e. The van der Waals surface area contributed by atoms with Gasteiger partial charge in [0.1, 0.15) is 11.9 Å². The summed E-state index contributed by atoms with van der Waals surface area (Å²) in [6.45, 7) is 0. The average Bonchev–Trinajstić information content (AvgIpc) is 2.12. The highest BCUT2D eigenvalue weighted by molar-refractivity contribution is 5.29. The Kier molecular flexibility index (Phi) is 3.37. The number of rotatable bonds is 1. The molecule has 1 nitrogen and oxygen atoms in total. The van der Waals surface area contributed by atoms with Crippen LogP contribution in [-0.4, -0.2) is 6.18 Å². The molecule has 0 aromatic heterocycles. The Bertz CT molecular complexity index is 407. The van der Waals surface area contributed by atoms with Crippen molar-refractivity contribution in [1.82, 2.24) is 0 Å². The van der Waals surface area contributed by atoms with Crippen LogP contribution in [0.5, 0.6) is 0 Å². The van der Waals surface area contributed by atoms with E-state index in [1.54, 1.807) is 0 Å². The lowest BCUT2D eigenvalue weighted by atomic mass is 10.0. The van der Waals surface area contributed by atoms with Crippen LogP contribution in [0.25, 0.3) is 0 Å². The zero-order chi connectivity index (χ0) is 13.4. The maximum Gasteiger partial charge on any atom is 0.416 e. The molecule has 0 spiro atoms. The Morgan fingerprint density at radius 1 is 0.941 bits per heavy atom. The van der Waals surface area contributed by atoms with E-state index < -0.39 is 35.3 Å². The van der Waals surface area contributed by atoms with Crippen LogP contribution in [0.1, 0.15) is 17.2 Å². The quantitative estimate of drug-likeness (QED) is 0.770. The molecule has 0 amide bonds. The smallest absolute Gasteiger partial charge is 0.316 e. The van der Waals surface area contributed by atoms with Gasteiger partial charge in [-0.2, -0.15) is 26.3 Å². The minimum atomic E-state index is -4.93. The zero-order valence-electron chi connectivity index (χ0n) is 8.03. The van der Waals surface area contributed by atoms with E-state index in [9.17, 15) is 30.7 Å². The van der Waals surface area contributed by atoms with Crippen molar-refractivity contribution >= 4 is 0 Å². The van der Waals surface area contributed by atoms with E-state index in [-0.39, 0.29) is 12.1 Å². The van der Waals surface area contributed by atoms with Crippen LogP contribution in [-0.2, 0) is 6.18 Å². The summed E-state index contributed by atoms with van der Waals surface area (Å²) in [5.41, 5.74) is 2.22. The first kappa shape index (κ1) is 13.8. The fourth-order valence-corrected chi connectivity index (χ4v) is 1.14. The topological polar surface area (TPSA) is 26.0 Å². The van der Waals surface area contributed by atoms with Gasteiger partial charge in [-0.15, -0.1) is 0 Å². The molecule has 0 fully saturated rings. The number of alkyl halides is 6. The van der Waals surface area contributed by atoms with Crippen LogP contribution >= 0.6 is 0 Å². The van der Waals surface area contributed by atoms with Crippen LogP contribution in [0.2, 0.25) is 0 Å². The number of hydrogen-bond donors (Lipinski definition) is 1. The minimum absolute atomic E-state index is 0.104. The predicted molar refractivity (Wildman–Crippen MR) is 44.4 cm³/mol. The standard InChI is InChI=1S/C9H6F7N/c10-6-2-4(7(17)9(14,15)16)1-5(3-6)8(11,12)13/h1-3,7H,17H2/t7-/m0/s1. The van der Waals surface area contributed by atoms with Crippen LogP contribution in [0.15, 0.2) is 18.2 Å². The highest BCUT2D eigenvalue weighted by atomic mass is 19.4. The maximum absolute atomic E-state index is 12.8. The van der Waals surface area contributed by atoms with E-state index in [2.05, 4.69) is 0 Å². The molecule has 8 heteroatoms. The van der Waals surface area contributed by atoms with Gasteiger partial charge in [0.25, 0.3) is 0 Å². The van der Waals surface area contributed by atoms with Crippen LogP contribution in [0, 0.1) is 5.82 Å². The van der Waals surface area contributed by atoms with E-state index in [0.717, 1.165) is 0 Å². The Balaban J connectivity index is 3.24. The second-order valence-corrected chi connectivity index (χ2v) is 3.29. The van der Waals surface area contributed by atoms with Crippen LogP contribution in [0.3, 0.4) is 0 Å². The molecule has 1 rings (SSSR count). The molecule has 1 atom stereocenters. The first-order valence-corrected chi connectivity index (χ1v) is 4.22. The Hall–Kier alpha value is -1.31. The van der Waals surface area contributed by atoms with Gasteiger partial charge in [0.2, 0.25) is 0 Å². The van der Waals surface area contributed by atoms with Crippen molar-refractivity contribution < 1.29 is 30.7 Å². The molecule has 0 radical (unpaired) electrons. The Morgan fingerprint density at radius 3 is 1.88 bits per heavy atom. The average molecular weight is 261 g/mol. The van der Waals surface area contributed by atoms with Crippen molar-refractivity contribution in [3.63, 3.8) is 0 Å². The highest BCUT2D eigenvalue weighted by Gasteiger charge is 2.39. The van der Waals surface area contributed by atoms with Gasteiger partial charge < -0.3 is 5.73 Å². The number of nitrogens with two attached hydrogens (primary N) is 1. The zero-order valence-corrected chi connectivity index (χ0v) is 8.03. The second-order valence-electron chi connectivity index (χ2n) is 3.29. The van der Waals surface area contributed by atoms with Crippen molar-refractivity contribution in [3.05, 3.63) is 35.1 Å². The number of hydrogen-bond acceptors (Lipinski definition) is 1. The SMILES string of the molecule is N[C@@H](c1cc(F)cc(C(F)(F)F)c1)C(F)(F)F. The maximum atomic E-state index is 12.8. The normalized spacial score (nSPS) is 14.8. The molecule has 17 heavy (non-hydrogen) atoms. The van der Waals surface area contributed by atoms with E-state index in [0.29, 0.717) is 6.07 Å². The molecule has 0 heterocycles. The van der Waals surface area contributed by atoms with E-state index >= 15 is 0 Å². The molecule has 1 aromatic carbocycles. The third kappa shape index (κ3) is 3.32. The van der Waals surface area contributed by atoms with Crippen LogP contribution < -0.4 is 5.73 Å². The van der Waals surface area contributed by atoms with Gasteiger partial charge in [0.15, 0.2) is 0 Å². The lowest BCUT2D eigenvalue weighted by Gasteiger charge is -2.17. The molecule has 0 saturated heterocycles. The minimum Gasteiger partial charge on any atom is -0.316 e. The fourth-order valence-electron chi connectivity index (χ4n) is 1.14. The molecule has 0 saturated carbocycles. The van der Waals surface area contributed by atoms with Gasteiger partial charge in [-0.3, -0.25) is 0 Å². The fraction of sp³-hybridized carbons (Fsp3) is 0.333. The summed E-state index contributed by atoms with van der Waals surface area (Å²) in [6, 6.07) is -2.04. The van der Waals surface area contributed by atoms with Crippen molar-refractivity contribution in [2.24, 2.45) is 5.73 Å². The molecule has 0 bridgehead atoms. The Labute approximate surface area is 91.0 Å². The van der Waals surface area contributed by atoms with Gasteiger partial charge in [-0.1, -0.05) is 0 Å². The first-order chi connectivity index (χ1) is 7.51. The van der Waals surface area contributed by atoms with Gasteiger partial charge >= 0.3 is 12.4 Å². The molecular formula is C9H6F7N. The highest BCUT2D eigenvalue weighted by Crippen LogP contribution is 2.35. The first-order valence-electron chi connectivity index (χ1n) is 4.22. The third-order valence-corrected chi connectivity index (χ3v) is 1.96. The number of benzene rings is 1. The Morgan fingerprint density at radius 2 is 1.47 bits per heavy atom. The molecule has 0 aliphatic heterocycles. The summed E-state index contributed by atoms with van der Waals surface area (Å²) < 4.78 is 85.9. The molecule has 0 aliphatic carbocycles. The van der Waals surface area contributed by atoms with Crippen LogP contribution in [0.4, 0.5) is 30.7 Å².